The lowest BCUT2D eigenvalue weighted by Gasteiger charge is -2.23. The number of nitrogens with zero attached hydrogens (tertiary/aromatic N) is 2. The number of hydrogen-bond acceptors (Lipinski definition) is 3. The van der Waals surface area contributed by atoms with Gasteiger partial charge in [0.2, 0.25) is 0 Å². The molecule has 0 aliphatic carbocycles. The second-order valence-electron chi connectivity index (χ2n) is 4.72. The number of carboxylic acid groups (broad SMARTS) is 1. The van der Waals surface area contributed by atoms with E-state index in [2.05, 4.69) is 16.0 Å². The van der Waals surface area contributed by atoms with Gasteiger partial charge in [-0.05, 0) is 53.6 Å². The van der Waals surface area contributed by atoms with Crippen molar-refractivity contribution in [3.63, 3.8) is 0 Å². The highest BCUT2D eigenvalue weighted by atomic mass is 16.4. The van der Waals surface area contributed by atoms with Crippen LogP contribution in [0, 0.1) is 0 Å². The third-order valence-electron chi connectivity index (χ3n) is 3.40. The van der Waals surface area contributed by atoms with Gasteiger partial charge in [-0.3, -0.25) is 4.98 Å². The summed E-state index contributed by atoms with van der Waals surface area (Å²) in [5.41, 5.74) is 3.58. The van der Waals surface area contributed by atoms with Crippen molar-refractivity contribution in [2.24, 2.45) is 0 Å². The van der Waals surface area contributed by atoms with Gasteiger partial charge in [-0.2, -0.15) is 0 Å². The monoisotopic (exact) mass is 278 g/mol. The van der Waals surface area contributed by atoms with Crippen LogP contribution in [0.4, 0.5) is 5.69 Å². The van der Waals surface area contributed by atoms with Gasteiger partial charge in [-0.1, -0.05) is 6.08 Å². The molecule has 1 N–H and O–H groups in total. The number of benzene rings is 1. The molecule has 21 heavy (non-hydrogen) atoms. The Balaban J connectivity index is 1.75. The third-order valence-corrected chi connectivity index (χ3v) is 3.40. The fourth-order valence-electron chi connectivity index (χ4n) is 2.24. The zero-order chi connectivity index (χ0) is 14.7. The van der Waals surface area contributed by atoms with Crippen LogP contribution in [0.5, 0.6) is 0 Å². The van der Waals surface area contributed by atoms with Crippen molar-refractivity contribution in [2.75, 3.05) is 11.4 Å². The molecule has 0 saturated heterocycles. The fourth-order valence-corrected chi connectivity index (χ4v) is 2.24. The van der Waals surface area contributed by atoms with E-state index in [0.717, 1.165) is 23.4 Å². The highest BCUT2D eigenvalue weighted by Crippen LogP contribution is 2.23. The molecule has 1 aromatic carbocycles. The molecule has 1 aromatic heterocycles. The summed E-state index contributed by atoms with van der Waals surface area (Å²) in [6.45, 7) is 0.751. The maximum absolute atomic E-state index is 10.8. The Morgan fingerprint density at radius 3 is 2.38 bits per heavy atom. The van der Waals surface area contributed by atoms with Crippen LogP contribution in [-0.4, -0.2) is 22.6 Å². The summed E-state index contributed by atoms with van der Waals surface area (Å²) in [5, 5.41) is 8.90. The first-order chi connectivity index (χ1) is 10.2. The summed E-state index contributed by atoms with van der Waals surface area (Å²) in [5.74, 6) is -0.907. The van der Waals surface area contributed by atoms with Crippen molar-refractivity contribution in [3.8, 4) is 0 Å². The lowest BCUT2D eigenvalue weighted by molar-refractivity contribution is 0.0697. The van der Waals surface area contributed by atoms with E-state index in [1.165, 1.54) is 0 Å². The maximum atomic E-state index is 10.8. The van der Waals surface area contributed by atoms with Crippen molar-refractivity contribution in [2.45, 2.75) is 0 Å². The third kappa shape index (κ3) is 2.84. The van der Waals surface area contributed by atoms with Crippen LogP contribution < -0.4 is 4.90 Å². The van der Waals surface area contributed by atoms with E-state index in [9.17, 15) is 4.79 Å². The van der Waals surface area contributed by atoms with Gasteiger partial charge >= 0.3 is 5.97 Å². The summed E-state index contributed by atoms with van der Waals surface area (Å²) >= 11 is 0. The number of aromatic carboxylic acids is 1. The van der Waals surface area contributed by atoms with Crippen molar-refractivity contribution in [1.82, 2.24) is 4.98 Å². The molecule has 0 saturated carbocycles. The molecular weight excluding hydrogens is 264 g/mol. The second-order valence-corrected chi connectivity index (χ2v) is 4.72. The molecule has 2 heterocycles. The van der Waals surface area contributed by atoms with Crippen LogP contribution >= 0.6 is 0 Å². The van der Waals surface area contributed by atoms with Crippen molar-refractivity contribution in [1.29, 1.82) is 0 Å². The molecule has 4 heteroatoms. The molecule has 0 fully saturated rings. The van der Waals surface area contributed by atoms with E-state index in [1.54, 1.807) is 24.5 Å². The Morgan fingerprint density at radius 1 is 1.10 bits per heavy atom. The van der Waals surface area contributed by atoms with Crippen LogP contribution in [0.15, 0.2) is 67.1 Å². The van der Waals surface area contributed by atoms with E-state index in [0.29, 0.717) is 5.56 Å². The molecule has 0 unspecified atom stereocenters. The van der Waals surface area contributed by atoms with Gasteiger partial charge in [0.1, 0.15) is 0 Å². The fraction of sp³-hybridized carbons (Fsp3) is 0.0588. The van der Waals surface area contributed by atoms with E-state index in [-0.39, 0.29) is 0 Å². The van der Waals surface area contributed by atoms with Crippen LogP contribution in [0.2, 0.25) is 0 Å². The van der Waals surface area contributed by atoms with Gasteiger partial charge in [-0.15, -0.1) is 0 Å². The van der Waals surface area contributed by atoms with Gasteiger partial charge in [0.25, 0.3) is 0 Å². The van der Waals surface area contributed by atoms with Gasteiger partial charge in [0.15, 0.2) is 0 Å². The van der Waals surface area contributed by atoms with Gasteiger partial charge in [0.05, 0.1) is 5.56 Å². The topological polar surface area (TPSA) is 53.4 Å². The van der Waals surface area contributed by atoms with Crippen molar-refractivity contribution >= 4 is 17.2 Å². The standard InChI is InChI=1S/C17H14N2O2/c20-17(21)15-1-3-16(4-2-15)19-11-7-14(8-12-19)13-5-9-18-10-6-13/h1-11H,12H2,(H,20,21). The predicted octanol–water partition coefficient (Wildman–Crippen LogP) is 3.20. The number of anilines is 1. The first-order valence-electron chi connectivity index (χ1n) is 6.63. The predicted molar refractivity (Wildman–Crippen MR) is 82.1 cm³/mol. The molecule has 3 rings (SSSR count). The van der Waals surface area contributed by atoms with Gasteiger partial charge in [-0.25, -0.2) is 4.79 Å². The minimum absolute atomic E-state index is 0.299. The molecule has 0 atom stereocenters. The largest absolute Gasteiger partial charge is 0.478 e. The summed E-state index contributed by atoms with van der Waals surface area (Å²) in [6, 6.07) is 10.8. The number of aromatic nitrogens is 1. The Kier molecular flexibility index (Phi) is 3.51. The molecule has 0 spiro atoms. The number of carboxylic acids is 1. The minimum Gasteiger partial charge on any atom is -0.478 e. The number of allylic oxidation sites excluding steroid dienone is 2. The van der Waals surface area contributed by atoms with Gasteiger partial charge in [0, 0.05) is 30.8 Å². The lowest BCUT2D eigenvalue weighted by Crippen LogP contribution is -2.18. The summed E-state index contributed by atoms with van der Waals surface area (Å²) in [7, 11) is 0. The molecule has 0 bridgehead atoms. The zero-order valence-electron chi connectivity index (χ0n) is 11.3. The van der Waals surface area contributed by atoms with Crippen LogP contribution in [0.1, 0.15) is 15.9 Å². The molecule has 0 amide bonds. The van der Waals surface area contributed by atoms with Crippen molar-refractivity contribution in [3.05, 3.63) is 78.3 Å². The second kappa shape index (κ2) is 5.63. The van der Waals surface area contributed by atoms with E-state index in [4.69, 9.17) is 5.11 Å². The number of pyridine rings is 1. The first kappa shape index (κ1) is 13.1. The summed E-state index contributed by atoms with van der Waals surface area (Å²) in [4.78, 5) is 16.9. The number of hydrogen-bond donors (Lipinski definition) is 1. The highest BCUT2D eigenvalue weighted by Gasteiger charge is 2.09. The molecule has 4 nitrogen and oxygen atoms in total. The quantitative estimate of drug-likeness (QED) is 0.936. The maximum Gasteiger partial charge on any atom is 0.335 e. The Morgan fingerprint density at radius 2 is 1.81 bits per heavy atom. The minimum atomic E-state index is -0.907. The SMILES string of the molecule is O=C(O)c1ccc(N2C=CC(c3ccncc3)=CC2)cc1. The molecule has 0 radical (unpaired) electrons. The van der Waals surface area contributed by atoms with Gasteiger partial charge < -0.3 is 10.0 Å². The average molecular weight is 278 g/mol. The summed E-state index contributed by atoms with van der Waals surface area (Å²) in [6.07, 6.45) is 9.75. The normalized spacial score (nSPS) is 13.9. The van der Waals surface area contributed by atoms with Crippen LogP contribution in [0.25, 0.3) is 5.57 Å². The summed E-state index contributed by atoms with van der Waals surface area (Å²) < 4.78 is 0. The van der Waals surface area contributed by atoms with Crippen molar-refractivity contribution < 1.29 is 9.90 Å². The zero-order valence-corrected chi connectivity index (χ0v) is 11.3. The Hall–Kier alpha value is -2.88. The number of rotatable bonds is 3. The lowest BCUT2D eigenvalue weighted by atomic mass is 10.0. The molecule has 1 aliphatic rings. The molecule has 2 aromatic rings. The van der Waals surface area contributed by atoms with Crippen LogP contribution in [0.3, 0.4) is 0 Å². The van der Waals surface area contributed by atoms with E-state index >= 15 is 0 Å². The van der Waals surface area contributed by atoms with Crippen LogP contribution in [-0.2, 0) is 0 Å². The van der Waals surface area contributed by atoms with E-state index < -0.39 is 5.97 Å². The molecule has 104 valence electrons. The smallest absolute Gasteiger partial charge is 0.335 e. The molecule has 1 aliphatic heterocycles. The molecular formula is C17H14N2O2. The van der Waals surface area contributed by atoms with E-state index in [1.807, 2.05) is 36.5 Å². The Bertz CT molecular complexity index is 703. The average Bonchev–Trinajstić information content (AvgIpc) is 2.56. The Labute approximate surface area is 122 Å². The number of carbonyl (C=O) groups is 1. The highest BCUT2D eigenvalue weighted by molar-refractivity contribution is 5.88. The first-order valence-corrected chi connectivity index (χ1v) is 6.63.